The Labute approximate surface area is 242 Å². The molecule has 0 aliphatic heterocycles. The van der Waals surface area contributed by atoms with Gasteiger partial charge < -0.3 is 5.73 Å². The van der Waals surface area contributed by atoms with Crippen molar-refractivity contribution >= 4 is 0 Å². The molecule has 220 valence electrons. The molecule has 3 heteroatoms. The van der Waals surface area contributed by atoms with E-state index in [0.717, 1.165) is 32.6 Å². The van der Waals surface area contributed by atoms with Gasteiger partial charge in [0.15, 0.2) is 0 Å². The van der Waals surface area contributed by atoms with Crippen LogP contribution < -0.4 is 5.73 Å². The van der Waals surface area contributed by atoms with Gasteiger partial charge in [-0.15, -0.1) is 0 Å². The largest absolute Gasteiger partial charge is 0.324 e. The summed E-state index contributed by atoms with van der Waals surface area (Å²) in [4.78, 5) is 5.35. The molecule has 0 saturated carbocycles. The summed E-state index contributed by atoms with van der Waals surface area (Å²) in [6.07, 6.45) is 1.12. The fourth-order valence-corrected chi connectivity index (χ4v) is 5.83. The van der Waals surface area contributed by atoms with E-state index in [1.54, 1.807) is 0 Å². The third-order valence-electron chi connectivity index (χ3n) is 9.62. The van der Waals surface area contributed by atoms with Crippen LogP contribution in [0, 0.1) is 16.2 Å². The Bertz CT molecular complexity index is 921. The van der Waals surface area contributed by atoms with Crippen LogP contribution in [0.15, 0.2) is 60.7 Å². The fraction of sp³-hybridized carbons (Fsp3) is 0.667. The molecule has 2 aromatic rings. The summed E-state index contributed by atoms with van der Waals surface area (Å²) in [6.45, 7) is 34.6. The summed E-state index contributed by atoms with van der Waals surface area (Å²) < 4.78 is 0. The molecule has 0 amide bonds. The maximum atomic E-state index is 6.79. The van der Waals surface area contributed by atoms with Crippen LogP contribution in [0.25, 0.3) is 0 Å². The highest BCUT2D eigenvalue weighted by atomic mass is 15.2. The van der Waals surface area contributed by atoms with E-state index in [2.05, 4.69) is 160 Å². The zero-order chi connectivity index (χ0) is 29.9. The van der Waals surface area contributed by atoms with Gasteiger partial charge in [0.25, 0.3) is 0 Å². The van der Waals surface area contributed by atoms with Crippen molar-refractivity contribution in [3.8, 4) is 0 Å². The molecule has 3 nitrogen and oxygen atoms in total. The topological polar surface area (TPSA) is 32.5 Å². The Kier molecular flexibility index (Phi) is 10.4. The molecule has 0 saturated heterocycles. The van der Waals surface area contributed by atoms with Crippen LogP contribution in [0.1, 0.15) is 108 Å². The van der Waals surface area contributed by atoms with Gasteiger partial charge in [0.1, 0.15) is 0 Å². The Balaban J connectivity index is 2.33. The number of hydrogen-bond acceptors (Lipinski definition) is 3. The zero-order valence-electron chi connectivity index (χ0n) is 27.8. The van der Waals surface area contributed by atoms with Gasteiger partial charge in [0.05, 0.1) is 0 Å². The van der Waals surface area contributed by atoms with Crippen LogP contribution in [-0.4, -0.2) is 39.5 Å². The highest BCUT2D eigenvalue weighted by Crippen LogP contribution is 2.42. The number of hydrogen-bond donors (Lipinski definition) is 1. The lowest BCUT2D eigenvalue weighted by molar-refractivity contribution is -0.0290. The molecule has 0 aliphatic carbocycles. The molecule has 0 atom stereocenters. The van der Waals surface area contributed by atoms with Gasteiger partial charge in [-0.1, -0.05) is 109 Å². The average molecular weight is 536 g/mol. The molecule has 0 aromatic heterocycles. The van der Waals surface area contributed by atoms with Gasteiger partial charge in [0.2, 0.25) is 0 Å². The first-order valence-electron chi connectivity index (χ1n) is 14.9. The minimum absolute atomic E-state index is 0.0369. The first-order chi connectivity index (χ1) is 17.6. The molecule has 2 N–H and O–H groups in total. The quantitative estimate of drug-likeness (QED) is 0.278. The van der Waals surface area contributed by atoms with Gasteiger partial charge in [0, 0.05) is 42.8 Å². The second-order valence-corrected chi connectivity index (χ2v) is 16.3. The molecular formula is C36H61N3. The van der Waals surface area contributed by atoms with Crippen LogP contribution in [0.3, 0.4) is 0 Å². The summed E-state index contributed by atoms with van der Waals surface area (Å²) in [5.74, 6) is 0. The fourth-order valence-electron chi connectivity index (χ4n) is 5.83. The van der Waals surface area contributed by atoms with Gasteiger partial charge in [-0.05, 0) is 75.3 Å². The van der Waals surface area contributed by atoms with Crippen molar-refractivity contribution < 1.29 is 0 Å². The molecule has 2 rings (SSSR count). The van der Waals surface area contributed by atoms with Gasteiger partial charge in [-0.2, -0.15) is 0 Å². The molecule has 0 heterocycles. The third kappa shape index (κ3) is 9.17. The lowest BCUT2D eigenvalue weighted by Crippen LogP contribution is -2.63. The number of rotatable bonds is 13. The van der Waals surface area contributed by atoms with E-state index >= 15 is 0 Å². The normalized spacial score (nSPS) is 14.4. The van der Waals surface area contributed by atoms with E-state index in [1.165, 1.54) is 11.1 Å². The van der Waals surface area contributed by atoms with E-state index in [1.807, 2.05) is 0 Å². The van der Waals surface area contributed by atoms with Crippen LogP contribution in [0.4, 0.5) is 0 Å². The van der Waals surface area contributed by atoms with Gasteiger partial charge in [-0.25, -0.2) is 0 Å². The van der Waals surface area contributed by atoms with Gasteiger partial charge >= 0.3 is 0 Å². The van der Waals surface area contributed by atoms with Crippen LogP contribution in [-0.2, 0) is 13.1 Å². The molecule has 2 aromatic carbocycles. The molecule has 0 spiro atoms. The average Bonchev–Trinajstić information content (AvgIpc) is 2.77. The van der Waals surface area contributed by atoms with E-state index < -0.39 is 0 Å². The number of nitrogens with zero attached hydrogens (tertiary/aromatic N) is 2. The summed E-state index contributed by atoms with van der Waals surface area (Å²) in [5.41, 5.74) is 9.42. The minimum Gasteiger partial charge on any atom is -0.324 e. The van der Waals surface area contributed by atoms with E-state index in [9.17, 15) is 0 Å². The summed E-state index contributed by atoms with van der Waals surface area (Å²) in [7, 11) is 0. The summed E-state index contributed by atoms with van der Waals surface area (Å²) in [5, 5.41) is 0. The summed E-state index contributed by atoms with van der Waals surface area (Å²) in [6, 6.07) is 21.8. The van der Waals surface area contributed by atoms with E-state index in [0.29, 0.717) is 0 Å². The molecular weight excluding hydrogens is 474 g/mol. The van der Waals surface area contributed by atoms with E-state index in [4.69, 9.17) is 5.73 Å². The van der Waals surface area contributed by atoms with Crippen molar-refractivity contribution in [3.05, 3.63) is 71.8 Å². The standard InChI is InChI=1S/C36H61N3/c1-31(2,3)35(10,11)38(24-29-20-16-14-17-21-29)27-32(4,5)26-33(6,7)28-39(36(12,13)34(8,9)37)25-30-22-18-15-19-23-30/h14-23H,24-28,37H2,1-13H3. The van der Waals surface area contributed by atoms with Crippen molar-refractivity contribution in [1.29, 1.82) is 0 Å². The number of nitrogens with two attached hydrogens (primary N) is 1. The van der Waals surface area contributed by atoms with Crippen molar-refractivity contribution in [2.24, 2.45) is 22.0 Å². The lowest BCUT2D eigenvalue weighted by atomic mass is 9.70. The van der Waals surface area contributed by atoms with Crippen LogP contribution in [0.5, 0.6) is 0 Å². The van der Waals surface area contributed by atoms with Gasteiger partial charge in [-0.3, -0.25) is 9.80 Å². The maximum absolute atomic E-state index is 6.79. The smallest absolute Gasteiger partial charge is 0.0331 e. The first-order valence-corrected chi connectivity index (χ1v) is 14.9. The van der Waals surface area contributed by atoms with Crippen LogP contribution in [0.2, 0.25) is 0 Å². The molecule has 0 radical (unpaired) electrons. The first kappa shape index (κ1) is 33.5. The second kappa shape index (κ2) is 12.0. The minimum atomic E-state index is -0.337. The zero-order valence-corrected chi connectivity index (χ0v) is 27.8. The predicted octanol–water partition coefficient (Wildman–Crippen LogP) is 8.77. The Morgan fingerprint density at radius 1 is 0.513 bits per heavy atom. The highest BCUT2D eigenvalue weighted by Gasteiger charge is 2.44. The van der Waals surface area contributed by atoms with E-state index in [-0.39, 0.29) is 32.9 Å². The van der Waals surface area contributed by atoms with Crippen molar-refractivity contribution in [2.45, 2.75) is 126 Å². The third-order valence-corrected chi connectivity index (χ3v) is 9.62. The second-order valence-electron chi connectivity index (χ2n) is 16.3. The lowest BCUT2D eigenvalue weighted by Gasteiger charge is -2.53. The SMILES string of the molecule is CC(C)(CN(Cc1ccccc1)C(C)(C)C(C)(C)C)CC(C)(C)CN(Cc1ccccc1)C(C)(C)C(C)(C)N. The Morgan fingerprint density at radius 3 is 1.15 bits per heavy atom. The molecule has 39 heavy (non-hydrogen) atoms. The molecule has 0 unspecified atom stereocenters. The number of benzene rings is 2. The summed E-state index contributed by atoms with van der Waals surface area (Å²) >= 11 is 0. The molecule has 0 fully saturated rings. The van der Waals surface area contributed by atoms with Crippen molar-refractivity contribution in [3.63, 3.8) is 0 Å². The highest BCUT2D eigenvalue weighted by molar-refractivity contribution is 5.17. The maximum Gasteiger partial charge on any atom is 0.0331 e. The Morgan fingerprint density at radius 2 is 0.846 bits per heavy atom. The van der Waals surface area contributed by atoms with Crippen molar-refractivity contribution in [1.82, 2.24) is 9.80 Å². The molecule has 0 aliphatic rings. The van der Waals surface area contributed by atoms with Crippen molar-refractivity contribution in [2.75, 3.05) is 13.1 Å². The molecule has 0 bridgehead atoms. The predicted molar refractivity (Wildman–Crippen MR) is 172 cm³/mol. The van der Waals surface area contributed by atoms with Crippen LogP contribution >= 0.6 is 0 Å². The Hall–Kier alpha value is -1.68. The monoisotopic (exact) mass is 535 g/mol.